The van der Waals surface area contributed by atoms with Crippen molar-refractivity contribution in [3.05, 3.63) is 46.8 Å². The van der Waals surface area contributed by atoms with E-state index < -0.39 is 42.4 Å². The summed E-state index contributed by atoms with van der Waals surface area (Å²) in [5, 5.41) is -0.0286. The average Bonchev–Trinajstić information content (AvgIpc) is 3.55. The van der Waals surface area contributed by atoms with E-state index in [1.54, 1.807) is 6.07 Å². The lowest BCUT2D eigenvalue weighted by Crippen LogP contribution is -2.58. The molecular weight excluding hydrogens is 561 g/mol. The summed E-state index contributed by atoms with van der Waals surface area (Å²) >= 11 is 6.38. The fraction of sp³-hybridized carbons (Fsp3) is 0.481. The molecule has 2 aromatic heterocycles. The summed E-state index contributed by atoms with van der Waals surface area (Å²) in [4.78, 5) is 50.9. The fourth-order valence-electron chi connectivity index (χ4n) is 6.16. The van der Waals surface area contributed by atoms with Gasteiger partial charge in [-0.3, -0.25) is 19.0 Å². The Morgan fingerprint density at radius 3 is 2.54 bits per heavy atom. The number of benzene rings is 1. The Morgan fingerprint density at radius 2 is 1.83 bits per heavy atom. The third kappa shape index (κ3) is 4.86. The van der Waals surface area contributed by atoms with Crippen LogP contribution in [0.3, 0.4) is 0 Å². The van der Waals surface area contributed by atoms with Gasteiger partial charge in [-0.1, -0.05) is 6.07 Å². The van der Waals surface area contributed by atoms with Crippen LogP contribution in [0, 0.1) is 5.82 Å². The Hall–Kier alpha value is -3.84. The molecule has 0 unspecified atom stereocenters. The summed E-state index contributed by atoms with van der Waals surface area (Å²) in [6.07, 6.45) is -0.973. The maximum absolute atomic E-state index is 13.8. The molecule has 2 saturated heterocycles. The number of aromatic nitrogens is 4. The van der Waals surface area contributed by atoms with Crippen LogP contribution in [0.15, 0.2) is 24.5 Å². The van der Waals surface area contributed by atoms with Crippen LogP contribution in [0.25, 0.3) is 11.2 Å². The van der Waals surface area contributed by atoms with Crippen LogP contribution < -0.4 is 4.90 Å². The number of anilines is 1. The molecule has 41 heavy (non-hydrogen) atoms. The molecule has 3 aliphatic rings. The highest BCUT2D eigenvalue weighted by molar-refractivity contribution is 6.28. The van der Waals surface area contributed by atoms with Gasteiger partial charge in [0, 0.05) is 39.3 Å². The molecule has 0 N–H and O–H groups in total. The van der Waals surface area contributed by atoms with E-state index in [9.17, 15) is 18.8 Å². The number of carbonyl (C=O) groups excluding carboxylic acids is 3. The zero-order valence-electron chi connectivity index (χ0n) is 22.5. The van der Waals surface area contributed by atoms with E-state index in [-0.39, 0.29) is 23.1 Å². The molecule has 3 aromatic rings. The number of imidazole rings is 1. The molecule has 216 valence electrons. The number of carbonyl (C=O) groups is 3. The van der Waals surface area contributed by atoms with E-state index in [0.29, 0.717) is 30.1 Å². The van der Waals surface area contributed by atoms with E-state index in [2.05, 4.69) is 19.9 Å². The van der Waals surface area contributed by atoms with Gasteiger partial charge in [0.1, 0.15) is 18.5 Å². The molecule has 0 bridgehead atoms. The second kappa shape index (κ2) is 10.2. The zero-order valence-corrected chi connectivity index (χ0v) is 23.3. The lowest BCUT2D eigenvalue weighted by atomic mass is 9.75. The first kappa shape index (κ1) is 27.3. The van der Waals surface area contributed by atoms with Crippen LogP contribution >= 0.6 is 11.6 Å². The summed E-state index contributed by atoms with van der Waals surface area (Å²) in [5.74, 6) is -1.53. The van der Waals surface area contributed by atoms with E-state index >= 15 is 0 Å². The highest BCUT2D eigenvalue weighted by Crippen LogP contribution is 2.48. The maximum atomic E-state index is 13.8. The van der Waals surface area contributed by atoms with Gasteiger partial charge >= 0.3 is 17.9 Å². The molecule has 4 atom stereocenters. The van der Waals surface area contributed by atoms with Gasteiger partial charge in [-0.15, -0.1) is 0 Å². The van der Waals surface area contributed by atoms with Crippen LogP contribution in [-0.4, -0.2) is 75.4 Å². The van der Waals surface area contributed by atoms with Gasteiger partial charge in [-0.25, -0.2) is 9.37 Å². The minimum atomic E-state index is -1.10. The lowest BCUT2D eigenvalue weighted by Gasteiger charge is -2.49. The van der Waals surface area contributed by atoms with Gasteiger partial charge in [-0.05, 0) is 47.7 Å². The Kier molecular flexibility index (Phi) is 6.81. The van der Waals surface area contributed by atoms with Crippen LogP contribution in [0.1, 0.15) is 44.5 Å². The van der Waals surface area contributed by atoms with E-state index in [1.165, 1.54) is 37.7 Å². The van der Waals surface area contributed by atoms with Gasteiger partial charge in [0.2, 0.25) is 5.28 Å². The van der Waals surface area contributed by atoms with Gasteiger partial charge in [0.05, 0.1) is 6.33 Å². The first-order valence-electron chi connectivity index (χ1n) is 13.1. The van der Waals surface area contributed by atoms with E-state index in [4.69, 9.17) is 30.5 Å². The molecule has 12 nitrogen and oxygen atoms in total. The third-order valence-corrected chi connectivity index (χ3v) is 7.96. The van der Waals surface area contributed by atoms with Crippen molar-refractivity contribution in [2.75, 3.05) is 24.6 Å². The number of hydrogen-bond donors (Lipinski definition) is 0. The highest BCUT2D eigenvalue weighted by Gasteiger charge is 2.52. The lowest BCUT2D eigenvalue weighted by molar-refractivity contribution is -0.166. The van der Waals surface area contributed by atoms with Crippen molar-refractivity contribution >= 4 is 46.5 Å². The summed E-state index contributed by atoms with van der Waals surface area (Å²) in [5.41, 5.74) is 2.83. The Morgan fingerprint density at radius 1 is 1.10 bits per heavy atom. The van der Waals surface area contributed by atoms with Gasteiger partial charge < -0.3 is 23.8 Å². The molecule has 6 rings (SSSR count). The van der Waals surface area contributed by atoms with Crippen LogP contribution in [0.4, 0.5) is 10.2 Å². The Balaban J connectivity index is 1.33. The van der Waals surface area contributed by atoms with Crippen LogP contribution in [0.5, 0.6) is 0 Å². The van der Waals surface area contributed by atoms with Crippen molar-refractivity contribution in [2.45, 2.75) is 63.6 Å². The molecule has 0 saturated carbocycles. The normalized spacial score (nSPS) is 24.3. The number of esters is 3. The minimum absolute atomic E-state index is 0.0286. The SMILES string of the molecule is CC(=O)OC[C@H]1O[C@@H](n2cnc3c(N4CC5(CCc6cc(F)ccc65)C4)nc(Cl)nc32)[C@H](OC(C)=O)[C@@H]1OC(C)=O. The Bertz CT molecular complexity index is 1560. The van der Waals surface area contributed by atoms with Crippen molar-refractivity contribution in [2.24, 2.45) is 0 Å². The second-order valence-corrected chi connectivity index (χ2v) is 10.9. The number of halogens is 2. The fourth-order valence-corrected chi connectivity index (χ4v) is 6.32. The Labute approximate surface area is 238 Å². The average molecular weight is 588 g/mol. The van der Waals surface area contributed by atoms with Crippen LogP contribution in [-0.2, 0) is 45.2 Å². The monoisotopic (exact) mass is 587 g/mol. The summed E-state index contributed by atoms with van der Waals surface area (Å²) in [6.45, 7) is 4.73. The molecule has 1 aliphatic carbocycles. The zero-order chi connectivity index (χ0) is 29.1. The number of hydrogen-bond acceptors (Lipinski definition) is 11. The minimum Gasteiger partial charge on any atom is -0.463 e. The first-order valence-corrected chi connectivity index (χ1v) is 13.5. The standard InChI is InChI=1S/C27H27ClFN5O7/c1-13(35)38-9-19-21(39-14(2)36)22(40-15(3)37)25(41-19)34-12-30-20-23(31-26(28)32-24(20)34)33-10-27(11-33)7-6-16-8-17(29)4-5-18(16)27/h4-5,8,12,19,21-22,25H,6-7,9-11H2,1-3H3/t19-,21-,22-,25-/m1/s1. The molecular formula is C27H27ClFN5O7. The van der Waals surface area contributed by atoms with Crippen molar-refractivity contribution in [1.29, 1.82) is 0 Å². The van der Waals surface area contributed by atoms with E-state index in [0.717, 1.165) is 24.0 Å². The van der Waals surface area contributed by atoms with Crippen molar-refractivity contribution < 1.29 is 37.7 Å². The van der Waals surface area contributed by atoms with Gasteiger partial charge in [0.15, 0.2) is 35.4 Å². The number of ether oxygens (including phenoxy) is 4. The number of fused-ring (bicyclic) bond motifs is 3. The topological polar surface area (TPSA) is 135 Å². The summed E-state index contributed by atoms with van der Waals surface area (Å²) in [6, 6.07) is 4.96. The quantitative estimate of drug-likeness (QED) is 0.239. The predicted octanol–water partition coefficient (Wildman–Crippen LogP) is 2.65. The van der Waals surface area contributed by atoms with Gasteiger partial charge in [-0.2, -0.15) is 9.97 Å². The first-order chi connectivity index (χ1) is 19.5. The molecule has 14 heteroatoms. The molecule has 1 aromatic carbocycles. The van der Waals surface area contributed by atoms with Crippen LogP contribution in [0.2, 0.25) is 5.28 Å². The highest BCUT2D eigenvalue weighted by atomic mass is 35.5. The molecule has 2 fully saturated rings. The number of nitrogens with zero attached hydrogens (tertiary/aromatic N) is 5. The number of aryl methyl sites for hydroxylation is 1. The molecule has 2 aliphatic heterocycles. The largest absolute Gasteiger partial charge is 0.463 e. The second-order valence-electron chi connectivity index (χ2n) is 10.6. The molecule has 1 spiro atoms. The molecule has 4 heterocycles. The third-order valence-electron chi connectivity index (χ3n) is 7.79. The van der Waals surface area contributed by atoms with Gasteiger partial charge in [0.25, 0.3) is 0 Å². The smallest absolute Gasteiger partial charge is 0.303 e. The van der Waals surface area contributed by atoms with Crippen molar-refractivity contribution in [3.8, 4) is 0 Å². The van der Waals surface area contributed by atoms with Crippen molar-refractivity contribution in [1.82, 2.24) is 19.5 Å². The maximum Gasteiger partial charge on any atom is 0.303 e. The van der Waals surface area contributed by atoms with Crippen molar-refractivity contribution in [3.63, 3.8) is 0 Å². The summed E-state index contributed by atoms with van der Waals surface area (Å²) < 4.78 is 37.6. The van der Waals surface area contributed by atoms with E-state index in [1.807, 2.05) is 6.07 Å². The molecule has 0 radical (unpaired) electrons. The summed E-state index contributed by atoms with van der Waals surface area (Å²) in [7, 11) is 0. The number of rotatable bonds is 6. The molecule has 0 amide bonds. The predicted molar refractivity (Wildman–Crippen MR) is 141 cm³/mol.